The van der Waals surface area contributed by atoms with E-state index in [-0.39, 0.29) is 30.5 Å². The molecule has 0 spiro atoms. The van der Waals surface area contributed by atoms with Crippen LogP contribution in [-0.2, 0) is 9.59 Å². The highest BCUT2D eigenvalue weighted by Crippen LogP contribution is 2.36. The summed E-state index contributed by atoms with van der Waals surface area (Å²) in [7, 11) is 0. The van der Waals surface area contributed by atoms with Crippen molar-refractivity contribution in [1.29, 1.82) is 0 Å². The van der Waals surface area contributed by atoms with Crippen molar-refractivity contribution in [2.24, 2.45) is 5.92 Å². The lowest BCUT2D eigenvalue weighted by molar-refractivity contribution is -0.384. The molecular weight excluding hydrogens is 366 g/mol. The van der Waals surface area contributed by atoms with Gasteiger partial charge in [-0.15, -0.1) is 0 Å². The number of nitrogens with zero attached hydrogens (tertiary/aromatic N) is 2. The zero-order valence-corrected chi connectivity index (χ0v) is 14.8. The molecule has 1 atom stereocenters. The molecule has 28 heavy (non-hydrogen) atoms. The smallest absolute Gasteiger partial charge is 0.271 e. The average Bonchev–Trinajstić information content (AvgIpc) is 3.09. The molecular formula is C19H17N3O6. The van der Waals surface area contributed by atoms with Crippen molar-refractivity contribution in [3.8, 4) is 11.5 Å². The van der Waals surface area contributed by atoms with E-state index < -0.39 is 10.8 Å². The van der Waals surface area contributed by atoms with Crippen LogP contribution in [0.4, 0.5) is 17.1 Å². The van der Waals surface area contributed by atoms with E-state index in [1.54, 1.807) is 24.3 Å². The van der Waals surface area contributed by atoms with Gasteiger partial charge in [-0.2, -0.15) is 0 Å². The normalized spacial score (nSPS) is 18.1. The predicted molar refractivity (Wildman–Crippen MR) is 99.6 cm³/mol. The number of nitrogens with one attached hydrogen (secondary N) is 1. The Morgan fingerprint density at radius 2 is 1.93 bits per heavy atom. The minimum atomic E-state index is -0.556. The Bertz CT molecular complexity index is 960. The summed E-state index contributed by atoms with van der Waals surface area (Å²) in [6.45, 7) is 1.15. The van der Waals surface area contributed by atoms with Gasteiger partial charge in [0, 0.05) is 42.5 Å². The molecule has 2 aromatic rings. The Morgan fingerprint density at radius 3 is 2.71 bits per heavy atom. The standard InChI is InChI=1S/C19H17N3O6/c23-18-8-12(19(24)20-13-2-1-3-15(9-13)22(25)26)11-21(18)14-4-5-16-17(10-14)28-7-6-27-16/h1-5,9-10,12H,6-8,11H2,(H,20,24). The minimum Gasteiger partial charge on any atom is -0.486 e. The van der Waals surface area contributed by atoms with Gasteiger partial charge < -0.3 is 19.7 Å². The second-order valence-electron chi connectivity index (χ2n) is 6.53. The first-order chi connectivity index (χ1) is 13.5. The van der Waals surface area contributed by atoms with Gasteiger partial charge >= 0.3 is 0 Å². The first-order valence-electron chi connectivity index (χ1n) is 8.76. The third kappa shape index (κ3) is 3.46. The summed E-state index contributed by atoms with van der Waals surface area (Å²) in [6.07, 6.45) is 0.0647. The van der Waals surface area contributed by atoms with E-state index in [9.17, 15) is 19.7 Å². The Morgan fingerprint density at radius 1 is 1.14 bits per heavy atom. The number of amides is 2. The molecule has 0 bridgehead atoms. The summed E-state index contributed by atoms with van der Waals surface area (Å²) in [6, 6.07) is 10.9. The lowest BCUT2D eigenvalue weighted by atomic mass is 10.1. The molecule has 9 nitrogen and oxygen atoms in total. The van der Waals surface area contributed by atoms with Gasteiger partial charge in [-0.1, -0.05) is 6.07 Å². The van der Waals surface area contributed by atoms with E-state index in [2.05, 4.69) is 5.32 Å². The van der Waals surface area contributed by atoms with Crippen molar-refractivity contribution in [2.75, 3.05) is 30.0 Å². The van der Waals surface area contributed by atoms with Gasteiger partial charge in [0.05, 0.1) is 10.8 Å². The number of carbonyl (C=O) groups excluding carboxylic acids is 2. The van der Waals surface area contributed by atoms with Crippen molar-refractivity contribution in [3.05, 3.63) is 52.6 Å². The van der Waals surface area contributed by atoms with Crippen LogP contribution in [0.25, 0.3) is 0 Å². The number of hydrogen-bond donors (Lipinski definition) is 1. The molecule has 2 amide bonds. The second kappa shape index (κ2) is 7.18. The monoisotopic (exact) mass is 383 g/mol. The van der Waals surface area contributed by atoms with E-state index in [0.29, 0.717) is 36.1 Å². The number of non-ortho nitro benzene ring substituents is 1. The van der Waals surface area contributed by atoms with E-state index in [1.807, 2.05) is 0 Å². The Kier molecular flexibility index (Phi) is 4.56. The first kappa shape index (κ1) is 17.8. The fraction of sp³-hybridized carbons (Fsp3) is 0.263. The van der Waals surface area contributed by atoms with Crippen LogP contribution >= 0.6 is 0 Å². The molecule has 2 aromatic carbocycles. The van der Waals surface area contributed by atoms with E-state index in [0.717, 1.165) is 0 Å². The Labute approximate surface area is 160 Å². The molecule has 4 rings (SSSR count). The van der Waals surface area contributed by atoms with Crippen LogP contribution in [0.15, 0.2) is 42.5 Å². The van der Waals surface area contributed by atoms with Gasteiger partial charge in [0.15, 0.2) is 11.5 Å². The van der Waals surface area contributed by atoms with E-state index >= 15 is 0 Å². The van der Waals surface area contributed by atoms with Gasteiger partial charge in [-0.25, -0.2) is 0 Å². The van der Waals surface area contributed by atoms with E-state index in [1.165, 1.54) is 23.1 Å². The van der Waals surface area contributed by atoms with Crippen molar-refractivity contribution in [1.82, 2.24) is 0 Å². The molecule has 144 valence electrons. The number of rotatable bonds is 4. The van der Waals surface area contributed by atoms with Gasteiger partial charge in [-0.05, 0) is 18.2 Å². The van der Waals surface area contributed by atoms with Crippen LogP contribution in [0, 0.1) is 16.0 Å². The minimum absolute atomic E-state index is 0.0647. The molecule has 0 aromatic heterocycles. The lowest BCUT2D eigenvalue weighted by Crippen LogP contribution is -2.28. The summed E-state index contributed by atoms with van der Waals surface area (Å²) < 4.78 is 11.0. The zero-order chi connectivity index (χ0) is 19.7. The molecule has 2 aliphatic heterocycles. The summed E-state index contributed by atoms with van der Waals surface area (Å²) >= 11 is 0. The molecule has 1 saturated heterocycles. The van der Waals surface area contributed by atoms with Crippen LogP contribution in [-0.4, -0.2) is 36.5 Å². The van der Waals surface area contributed by atoms with Crippen molar-refractivity contribution in [3.63, 3.8) is 0 Å². The predicted octanol–water partition coefficient (Wildman–Crippen LogP) is 2.36. The molecule has 2 aliphatic rings. The molecule has 9 heteroatoms. The fourth-order valence-corrected chi connectivity index (χ4v) is 3.27. The molecule has 0 radical (unpaired) electrons. The number of anilines is 2. The van der Waals surface area contributed by atoms with Crippen molar-refractivity contribution < 1.29 is 24.0 Å². The van der Waals surface area contributed by atoms with Crippen LogP contribution in [0.5, 0.6) is 11.5 Å². The molecule has 1 unspecified atom stereocenters. The maximum atomic E-state index is 12.5. The number of benzene rings is 2. The van der Waals surface area contributed by atoms with Gasteiger partial charge in [0.1, 0.15) is 13.2 Å². The molecule has 0 aliphatic carbocycles. The zero-order valence-electron chi connectivity index (χ0n) is 14.8. The highest BCUT2D eigenvalue weighted by atomic mass is 16.6. The van der Waals surface area contributed by atoms with Crippen LogP contribution < -0.4 is 19.7 Å². The lowest BCUT2D eigenvalue weighted by Gasteiger charge is -2.22. The second-order valence-corrected chi connectivity index (χ2v) is 6.53. The van der Waals surface area contributed by atoms with Crippen molar-refractivity contribution in [2.45, 2.75) is 6.42 Å². The van der Waals surface area contributed by atoms with Gasteiger partial charge in [0.25, 0.3) is 5.69 Å². The quantitative estimate of drug-likeness (QED) is 0.641. The number of nitro groups is 1. The highest BCUT2D eigenvalue weighted by molar-refractivity contribution is 6.03. The average molecular weight is 383 g/mol. The first-order valence-corrected chi connectivity index (χ1v) is 8.76. The summed E-state index contributed by atoms with van der Waals surface area (Å²) in [5, 5.41) is 13.5. The maximum Gasteiger partial charge on any atom is 0.271 e. The number of ether oxygens (including phenoxy) is 2. The van der Waals surface area contributed by atoms with Crippen LogP contribution in [0.3, 0.4) is 0 Å². The molecule has 2 heterocycles. The topological polar surface area (TPSA) is 111 Å². The van der Waals surface area contributed by atoms with Crippen molar-refractivity contribution >= 4 is 28.9 Å². The number of nitro benzene ring substituents is 1. The summed E-state index contributed by atoms with van der Waals surface area (Å²) in [5.41, 5.74) is 0.850. The number of carbonyl (C=O) groups is 2. The van der Waals surface area contributed by atoms with Crippen LogP contribution in [0.1, 0.15) is 6.42 Å². The Hall–Kier alpha value is -3.62. The number of hydrogen-bond acceptors (Lipinski definition) is 6. The summed E-state index contributed by atoms with van der Waals surface area (Å²) in [4.78, 5) is 36.9. The van der Waals surface area contributed by atoms with Gasteiger partial charge in [-0.3, -0.25) is 19.7 Å². The molecule has 1 fully saturated rings. The summed E-state index contributed by atoms with van der Waals surface area (Å²) in [5.74, 6) is 0.118. The highest BCUT2D eigenvalue weighted by Gasteiger charge is 2.35. The third-order valence-corrected chi connectivity index (χ3v) is 4.66. The molecule has 0 saturated carbocycles. The van der Waals surface area contributed by atoms with Crippen LogP contribution in [0.2, 0.25) is 0 Å². The largest absolute Gasteiger partial charge is 0.486 e. The number of fused-ring (bicyclic) bond motifs is 1. The SMILES string of the molecule is O=C(Nc1cccc([N+](=O)[O-])c1)C1CC(=O)N(c2ccc3c(c2)OCCO3)C1. The van der Waals surface area contributed by atoms with E-state index in [4.69, 9.17) is 9.47 Å². The Balaban J connectivity index is 1.46. The fourth-order valence-electron chi connectivity index (χ4n) is 3.27. The maximum absolute atomic E-state index is 12.5. The molecule has 1 N–H and O–H groups in total. The third-order valence-electron chi connectivity index (χ3n) is 4.66. The van der Waals surface area contributed by atoms with Gasteiger partial charge in [0.2, 0.25) is 11.8 Å².